The highest BCUT2D eigenvalue weighted by Gasteiger charge is 2.15. The number of ether oxygens (including phenoxy) is 3. The number of rotatable bonds is 2. The van der Waals surface area contributed by atoms with Crippen molar-refractivity contribution in [3.05, 3.63) is 39.4 Å². The van der Waals surface area contributed by atoms with Gasteiger partial charge in [-0.15, -0.1) is 0 Å². The van der Waals surface area contributed by atoms with Crippen molar-refractivity contribution in [1.29, 1.82) is 0 Å². The van der Waals surface area contributed by atoms with Crippen LogP contribution < -0.4 is 19.8 Å². The molecule has 0 amide bonds. The predicted molar refractivity (Wildman–Crippen MR) is 65.2 cm³/mol. The number of benzene rings is 1. The highest BCUT2D eigenvalue weighted by Crippen LogP contribution is 2.36. The molecule has 18 heavy (non-hydrogen) atoms. The van der Waals surface area contributed by atoms with Gasteiger partial charge in [0.1, 0.15) is 10.2 Å². The molecule has 7 heteroatoms. The molecule has 0 aliphatic carbocycles. The molecule has 0 bridgehead atoms. The van der Waals surface area contributed by atoms with Crippen LogP contribution in [0.5, 0.6) is 23.1 Å². The van der Waals surface area contributed by atoms with Gasteiger partial charge < -0.3 is 19.2 Å². The minimum Gasteiger partial charge on any atom is -0.454 e. The number of nitrogens with one attached hydrogen (secondary N) is 1. The number of halogens is 1. The van der Waals surface area contributed by atoms with Gasteiger partial charge in [0.05, 0.1) is 6.33 Å². The third kappa shape index (κ3) is 1.92. The number of fused-ring (bicyclic) bond motifs is 1. The van der Waals surface area contributed by atoms with Gasteiger partial charge in [-0.3, -0.25) is 4.79 Å². The molecule has 0 spiro atoms. The zero-order valence-corrected chi connectivity index (χ0v) is 10.6. The summed E-state index contributed by atoms with van der Waals surface area (Å²) in [6.07, 6.45) is 1.27. The van der Waals surface area contributed by atoms with Crippen molar-refractivity contribution in [2.75, 3.05) is 6.79 Å². The quantitative estimate of drug-likeness (QED) is 0.919. The van der Waals surface area contributed by atoms with Crippen molar-refractivity contribution in [3.63, 3.8) is 0 Å². The Morgan fingerprint density at radius 1 is 1.33 bits per heavy atom. The molecule has 0 saturated carbocycles. The van der Waals surface area contributed by atoms with Crippen LogP contribution in [0.15, 0.2) is 33.8 Å². The van der Waals surface area contributed by atoms with Crippen molar-refractivity contribution >= 4 is 15.9 Å². The summed E-state index contributed by atoms with van der Waals surface area (Å²) < 4.78 is 16.2. The number of aromatic amines is 1. The van der Waals surface area contributed by atoms with Gasteiger partial charge in [0.15, 0.2) is 11.5 Å². The van der Waals surface area contributed by atoms with E-state index in [9.17, 15) is 4.79 Å². The Hall–Kier alpha value is -2.02. The second-order valence-electron chi connectivity index (χ2n) is 3.47. The van der Waals surface area contributed by atoms with Crippen molar-refractivity contribution in [2.45, 2.75) is 0 Å². The number of aromatic nitrogens is 2. The van der Waals surface area contributed by atoms with Crippen molar-refractivity contribution < 1.29 is 14.2 Å². The van der Waals surface area contributed by atoms with Crippen LogP contribution in [0, 0.1) is 0 Å². The van der Waals surface area contributed by atoms with E-state index in [1.54, 1.807) is 18.2 Å². The average Bonchev–Trinajstić information content (AvgIpc) is 2.82. The highest BCUT2D eigenvalue weighted by atomic mass is 79.9. The van der Waals surface area contributed by atoms with Gasteiger partial charge in [-0.05, 0) is 28.1 Å². The number of H-pyrrole nitrogens is 1. The molecule has 1 aromatic carbocycles. The Kier molecular flexibility index (Phi) is 2.67. The number of hydrogen-bond donors (Lipinski definition) is 1. The zero-order chi connectivity index (χ0) is 12.5. The SMILES string of the molecule is O=c1[nH]cnc(Oc2ccc3c(c2)OCO3)c1Br. The van der Waals surface area contributed by atoms with Crippen LogP contribution in [0.4, 0.5) is 0 Å². The van der Waals surface area contributed by atoms with Gasteiger partial charge in [-0.1, -0.05) is 0 Å². The lowest BCUT2D eigenvalue weighted by Crippen LogP contribution is -2.08. The molecular formula is C11H7BrN2O4. The molecule has 1 aromatic heterocycles. The van der Waals surface area contributed by atoms with Gasteiger partial charge in [-0.2, -0.15) is 0 Å². The molecule has 1 aliphatic heterocycles. The standard InChI is InChI=1S/C11H7BrN2O4/c12-9-10(15)13-4-14-11(9)18-6-1-2-7-8(3-6)17-5-16-7/h1-4H,5H2,(H,13,14,15). The lowest BCUT2D eigenvalue weighted by molar-refractivity contribution is 0.174. The first-order chi connectivity index (χ1) is 8.74. The van der Waals surface area contributed by atoms with Crippen LogP contribution in [0.1, 0.15) is 0 Å². The molecular weight excluding hydrogens is 304 g/mol. The Morgan fingerprint density at radius 2 is 2.17 bits per heavy atom. The number of hydrogen-bond acceptors (Lipinski definition) is 5. The molecule has 6 nitrogen and oxygen atoms in total. The van der Waals surface area contributed by atoms with E-state index in [1.165, 1.54) is 6.33 Å². The van der Waals surface area contributed by atoms with E-state index in [2.05, 4.69) is 25.9 Å². The fourth-order valence-corrected chi connectivity index (χ4v) is 1.79. The van der Waals surface area contributed by atoms with Crippen LogP contribution in [0.3, 0.4) is 0 Å². The first kappa shape index (κ1) is 11.1. The second-order valence-corrected chi connectivity index (χ2v) is 4.26. The van der Waals surface area contributed by atoms with Gasteiger partial charge in [0, 0.05) is 6.07 Å². The van der Waals surface area contributed by atoms with E-state index in [4.69, 9.17) is 14.2 Å². The highest BCUT2D eigenvalue weighted by molar-refractivity contribution is 9.10. The molecule has 0 atom stereocenters. The molecule has 0 saturated heterocycles. The van der Waals surface area contributed by atoms with Crippen LogP contribution in [-0.2, 0) is 0 Å². The van der Waals surface area contributed by atoms with E-state index in [1.807, 2.05) is 0 Å². The van der Waals surface area contributed by atoms with Gasteiger partial charge in [0.25, 0.3) is 5.56 Å². The monoisotopic (exact) mass is 310 g/mol. The fraction of sp³-hybridized carbons (Fsp3) is 0.0909. The van der Waals surface area contributed by atoms with E-state index >= 15 is 0 Å². The summed E-state index contributed by atoms with van der Waals surface area (Å²) in [7, 11) is 0. The summed E-state index contributed by atoms with van der Waals surface area (Å²) in [5.74, 6) is 1.98. The topological polar surface area (TPSA) is 73.4 Å². The van der Waals surface area contributed by atoms with Crippen molar-refractivity contribution in [3.8, 4) is 23.1 Å². The summed E-state index contributed by atoms with van der Waals surface area (Å²) in [4.78, 5) is 17.7. The van der Waals surface area contributed by atoms with Gasteiger partial charge in [-0.25, -0.2) is 4.98 Å². The minimum absolute atomic E-state index is 0.192. The first-order valence-electron chi connectivity index (χ1n) is 5.05. The van der Waals surface area contributed by atoms with Crippen LogP contribution >= 0.6 is 15.9 Å². The molecule has 2 aromatic rings. The molecule has 0 radical (unpaired) electrons. The Balaban J connectivity index is 1.93. The maximum absolute atomic E-state index is 11.4. The minimum atomic E-state index is -0.305. The second kappa shape index (κ2) is 4.34. The Labute approximate surface area is 110 Å². The van der Waals surface area contributed by atoms with Gasteiger partial charge in [0.2, 0.25) is 12.7 Å². The van der Waals surface area contributed by atoms with E-state index < -0.39 is 0 Å². The molecule has 92 valence electrons. The lowest BCUT2D eigenvalue weighted by Gasteiger charge is -2.06. The molecule has 2 heterocycles. The third-order valence-corrected chi connectivity index (χ3v) is 3.02. The van der Waals surface area contributed by atoms with Crippen LogP contribution in [0.2, 0.25) is 0 Å². The fourth-order valence-electron chi connectivity index (χ4n) is 1.49. The molecule has 0 unspecified atom stereocenters. The van der Waals surface area contributed by atoms with Crippen molar-refractivity contribution in [2.24, 2.45) is 0 Å². The summed E-state index contributed by atoms with van der Waals surface area (Å²) >= 11 is 3.11. The van der Waals surface area contributed by atoms with E-state index in [-0.39, 0.29) is 22.7 Å². The largest absolute Gasteiger partial charge is 0.454 e. The average molecular weight is 311 g/mol. The predicted octanol–water partition coefficient (Wildman–Crippen LogP) is 2.05. The summed E-state index contributed by atoms with van der Waals surface area (Å²) in [6, 6.07) is 5.12. The number of nitrogens with zero attached hydrogens (tertiary/aromatic N) is 1. The van der Waals surface area contributed by atoms with E-state index in [0.29, 0.717) is 17.2 Å². The Morgan fingerprint density at radius 3 is 3.06 bits per heavy atom. The van der Waals surface area contributed by atoms with Crippen LogP contribution in [-0.4, -0.2) is 16.8 Å². The zero-order valence-electron chi connectivity index (χ0n) is 8.97. The van der Waals surface area contributed by atoms with Crippen molar-refractivity contribution in [1.82, 2.24) is 9.97 Å². The molecule has 0 fully saturated rings. The summed E-state index contributed by atoms with van der Waals surface area (Å²) in [5, 5.41) is 0. The van der Waals surface area contributed by atoms with Crippen LogP contribution in [0.25, 0.3) is 0 Å². The maximum atomic E-state index is 11.4. The van der Waals surface area contributed by atoms with Gasteiger partial charge >= 0.3 is 0 Å². The first-order valence-corrected chi connectivity index (χ1v) is 5.84. The lowest BCUT2D eigenvalue weighted by atomic mass is 10.3. The smallest absolute Gasteiger partial charge is 0.268 e. The molecule has 3 rings (SSSR count). The maximum Gasteiger partial charge on any atom is 0.268 e. The van der Waals surface area contributed by atoms with E-state index in [0.717, 1.165) is 0 Å². The summed E-state index contributed by atoms with van der Waals surface area (Å²) in [5.41, 5.74) is -0.305. The third-order valence-electron chi connectivity index (χ3n) is 2.32. The Bertz CT molecular complexity index is 656. The summed E-state index contributed by atoms with van der Waals surface area (Å²) in [6.45, 7) is 0.200. The molecule has 1 N–H and O–H groups in total. The normalized spacial score (nSPS) is 12.5. The molecule has 1 aliphatic rings.